The van der Waals surface area contributed by atoms with Crippen LogP contribution in [-0.2, 0) is 0 Å². The molecular weight excluding hydrogens is 448 g/mol. The van der Waals surface area contributed by atoms with Crippen LogP contribution in [0.5, 0.6) is 0 Å². The van der Waals surface area contributed by atoms with Crippen molar-refractivity contribution in [3.8, 4) is 11.3 Å². The van der Waals surface area contributed by atoms with E-state index in [-0.39, 0.29) is 11.9 Å². The molecule has 0 spiro atoms. The van der Waals surface area contributed by atoms with E-state index in [1.165, 1.54) is 0 Å². The van der Waals surface area contributed by atoms with Crippen molar-refractivity contribution < 1.29 is 9.59 Å². The smallest absolute Gasteiger partial charge is 0.321 e. The van der Waals surface area contributed by atoms with E-state index in [4.69, 9.17) is 16.6 Å². The van der Waals surface area contributed by atoms with Crippen molar-refractivity contribution in [2.24, 2.45) is 0 Å². The van der Waals surface area contributed by atoms with Crippen molar-refractivity contribution in [3.63, 3.8) is 0 Å². The molecular formula is C27H23ClN4O2. The maximum Gasteiger partial charge on any atom is 0.321 e. The van der Waals surface area contributed by atoms with Gasteiger partial charge in [0.05, 0.1) is 16.8 Å². The summed E-state index contributed by atoms with van der Waals surface area (Å²) in [6.07, 6.45) is 0. The van der Waals surface area contributed by atoms with Crippen molar-refractivity contribution in [3.05, 3.63) is 95.5 Å². The normalized spacial score (nSPS) is 13.7. The molecule has 6 nitrogen and oxygen atoms in total. The zero-order chi connectivity index (χ0) is 23.5. The number of pyridine rings is 1. The lowest BCUT2D eigenvalue weighted by Gasteiger charge is -2.35. The molecule has 1 saturated heterocycles. The van der Waals surface area contributed by atoms with E-state index >= 15 is 0 Å². The highest BCUT2D eigenvalue weighted by molar-refractivity contribution is 6.30. The Bertz CT molecular complexity index is 1330. The number of hydrogen-bond acceptors (Lipinski definition) is 3. The number of amides is 3. The van der Waals surface area contributed by atoms with Gasteiger partial charge in [0.1, 0.15) is 0 Å². The minimum absolute atomic E-state index is 0.0476. The molecule has 0 unspecified atom stereocenters. The number of urea groups is 1. The van der Waals surface area contributed by atoms with E-state index in [1.54, 1.807) is 29.2 Å². The van der Waals surface area contributed by atoms with Crippen LogP contribution in [0.4, 0.5) is 10.5 Å². The molecule has 7 heteroatoms. The molecule has 5 rings (SSSR count). The number of aromatic nitrogens is 1. The Balaban J connectivity index is 1.33. The van der Waals surface area contributed by atoms with Crippen LogP contribution >= 0.6 is 11.6 Å². The summed E-state index contributed by atoms with van der Waals surface area (Å²) in [6.45, 7) is 1.84. The first-order valence-corrected chi connectivity index (χ1v) is 11.5. The fourth-order valence-electron chi connectivity index (χ4n) is 4.13. The molecule has 1 aliphatic rings. The quantitative estimate of drug-likeness (QED) is 0.427. The average Bonchev–Trinajstić information content (AvgIpc) is 2.89. The maximum absolute atomic E-state index is 13.6. The molecule has 0 bridgehead atoms. The Hall–Kier alpha value is -3.90. The number of hydrogen-bond donors (Lipinski definition) is 1. The molecule has 0 saturated carbocycles. The van der Waals surface area contributed by atoms with E-state index in [9.17, 15) is 9.59 Å². The lowest BCUT2D eigenvalue weighted by molar-refractivity contribution is 0.0673. The van der Waals surface area contributed by atoms with Crippen LogP contribution in [0.2, 0.25) is 5.02 Å². The third-order valence-corrected chi connectivity index (χ3v) is 6.22. The van der Waals surface area contributed by atoms with Gasteiger partial charge in [-0.05, 0) is 36.4 Å². The van der Waals surface area contributed by atoms with Crippen molar-refractivity contribution in [2.75, 3.05) is 31.5 Å². The van der Waals surface area contributed by atoms with Gasteiger partial charge >= 0.3 is 6.03 Å². The summed E-state index contributed by atoms with van der Waals surface area (Å²) >= 11 is 5.91. The van der Waals surface area contributed by atoms with Gasteiger partial charge in [-0.25, -0.2) is 9.78 Å². The van der Waals surface area contributed by atoms with Crippen molar-refractivity contribution in [1.29, 1.82) is 0 Å². The van der Waals surface area contributed by atoms with Gasteiger partial charge in [-0.3, -0.25) is 4.79 Å². The van der Waals surface area contributed by atoms with Crippen LogP contribution < -0.4 is 5.32 Å². The van der Waals surface area contributed by atoms with E-state index in [0.717, 1.165) is 22.2 Å². The number of piperazine rings is 1. The summed E-state index contributed by atoms with van der Waals surface area (Å²) in [6, 6.07) is 26.2. The summed E-state index contributed by atoms with van der Waals surface area (Å²) in [7, 11) is 0. The molecule has 170 valence electrons. The maximum atomic E-state index is 13.6. The summed E-state index contributed by atoms with van der Waals surface area (Å²) < 4.78 is 0. The molecule has 0 aliphatic carbocycles. The first-order chi connectivity index (χ1) is 16.6. The standard InChI is InChI=1S/C27H23ClN4O2/c28-20-10-12-21(13-11-20)29-27(34)32-16-14-31(15-17-32)26(33)23-18-25(19-6-2-1-3-7-19)30-24-9-5-4-8-22(23)24/h1-13,18H,14-17H2,(H,29,34). The van der Waals surface area contributed by atoms with Gasteiger partial charge in [-0.1, -0.05) is 60.1 Å². The van der Waals surface area contributed by atoms with Gasteiger partial charge in [0, 0.05) is 47.8 Å². The van der Waals surface area contributed by atoms with Gasteiger partial charge in [-0.2, -0.15) is 0 Å². The number of benzene rings is 3. The number of nitrogens with zero attached hydrogens (tertiary/aromatic N) is 3. The Morgan fingerprint density at radius 2 is 1.44 bits per heavy atom. The Kier molecular flexibility index (Phi) is 6.14. The summed E-state index contributed by atoms with van der Waals surface area (Å²) in [5.74, 6) is -0.0476. The third-order valence-electron chi connectivity index (χ3n) is 5.97. The molecule has 2 heterocycles. The second-order valence-electron chi connectivity index (χ2n) is 8.15. The summed E-state index contributed by atoms with van der Waals surface area (Å²) in [5, 5.41) is 4.32. The van der Waals surface area contributed by atoms with Gasteiger partial charge in [-0.15, -0.1) is 0 Å². The SMILES string of the molecule is O=C(Nc1ccc(Cl)cc1)N1CCN(C(=O)c2cc(-c3ccccc3)nc3ccccc23)CC1. The van der Waals surface area contributed by atoms with Gasteiger partial charge < -0.3 is 15.1 Å². The first-order valence-electron chi connectivity index (χ1n) is 11.1. The van der Waals surface area contributed by atoms with Crippen LogP contribution in [0.25, 0.3) is 22.2 Å². The number of halogens is 1. The predicted octanol–water partition coefficient (Wildman–Crippen LogP) is 5.55. The van der Waals surface area contributed by atoms with E-state index < -0.39 is 0 Å². The molecule has 3 amide bonds. The van der Waals surface area contributed by atoms with Gasteiger partial charge in [0.15, 0.2) is 0 Å². The van der Waals surface area contributed by atoms with Crippen molar-refractivity contribution in [2.45, 2.75) is 0 Å². The molecule has 4 aromatic rings. The highest BCUT2D eigenvalue weighted by Gasteiger charge is 2.26. The number of anilines is 1. The summed E-state index contributed by atoms with van der Waals surface area (Å²) in [4.78, 5) is 34.5. The molecule has 3 aromatic carbocycles. The molecule has 1 N–H and O–H groups in total. The number of carbonyl (C=O) groups excluding carboxylic acids is 2. The predicted molar refractivity (Wildman–Crippen MR) is 135 cm³/mol. The number of para-hydroxylation sites is 1. The van der Waals surface area contributed by atoms with Gasteiger partial charge in [0.2, 0.25) is 0 Å². The topological polar surface area (TPSA) is 65.5 Å². The Labute approximate surface area is 202 Å². The van der Waals surface area contributed by atoms with Crippen LogP contribution in [-0.4, -0.2) is 52.9 Å². The van der Waals surface area contributed by atoms with Crippen molar-refractivity contribution in [1.82, 2.24) is 14.8 Å². The zero-order valence-electron chi connectivity index (χ0n) is 18.4. The molecule has 0 atom stereocenters. The van der Waals surface area contributed by atoms with E-state index in [1.807, 2.05) is 65.6 Å². The average molecular weight is 471 g/mol. The number of carbonyl (C=O) groups is 2. The minimum atomic E-state index is -0.185. The molecule has 1 aromatic heterocycles. The largest absolute Gasteiger partial charge is 0.335 e. The number of fused-ring (bicyclic) bond motifs is 1. The Morgan fingerprint density at radius 1 is 0.794 bits per heavy atom. The molecule has 34 heavy (non-hydrogen) atoms. The number of rotatable bonds is 3. The van der Waals surface area contributed by atoms with E-state index in [0.29, 0.717) is 42.5 Å². The van der Waals surface area contributed by atoms with Crippen LogP contribution in [0.15, 0.2) is 84.9 Å². The highest BCUT2D eigenvalue weighted by Crippen LogP contribution is 2.26. The fourth-order valence-corrected chi connectivity index (χ4v) is 4.25. The lowest BCUT2D eigenvalue weighted by atomic mass is 10.0. The third kappa shape index (κ3) is 4.58. The van der Waals surface area contributed by atoms with Crippen LogP contribution in [0, 0.1) is 0 Å². The fraction of sp³-hybridized carbons (Fsp3) is 0.148. The Morgan fingerprint density at radius 3 is 2.18 bits per heavy atom. The van der Waals surface area contributed by atoms with Crippen LogP contribution in [0.1, 0.15) is 10.4 Å². The first kappa shape index (κ1) is 21.9. The number of nitrogens with one attached hydrogen (secondary N) is 1. The molecule has 0 radical (unpaired) electrons. The summed E-state index contributed by atoms with van der Waals surface area (Å²) in [5.41, 5.74) is 3.83. The van der Waals surface area contributed by atoms with Gasteiger partial charge in [0.25, 0.3) is 5.91 Å². The van der Waals surface area contributed by atoms with E-state index in [2.05, 4.69) is 5.32 Å². The van der Waals surface area contributed by atoms with Crippen LogP contribution in [0.3, 0.4) is 0 Å². The second kappa shape index (κ2) is 9.53. The molecule has 1 fully saturated rings. The second-order valence-corrected chi connectivity index (χ2v) is 8.59. The lowest BCUT2D eigenvalue weighted by Crippen LogP contribution is -2.51. The zero-order valence-corrected chi connectivity index (χ0v) is 19.2. The minimum Gasteiger partial charge on any atom is -0.335 e. The monoisotopic (exact) mass is 470 g/mol. The van der Waals surface area contributed by atoms with Crippen molar-refractivity contribution >= 4 is 40.1 Å². The highest BCUT2D eigenvalue weighted by atomic mass is 35.5. The molecule has 1 aliphatic heterocycles.